The summed E-state index contributed by atoms with van der Waals surface area (Å²) < 4.78 is 10.3. The zero-order valence-electron chi connectivity index (χ0n) is 13.0. The zero-order valence-corrected chi connectivity index (χ0v) is 13.0. The average molecular weight is 316 g/mol. The lowest BCUT2D eigenvalue weighted by molar-refractivity contribution is -0.385. The van der Waals surface area contributed by atoms with Crippen molar-refractivity contribution in [3.05, 3.63) is 57.6 Å². The monoisotopic (exact) mass is 316 g/mol. The summed E-state index contributed by atoms with van der Waals surface area (Å²) in [7, 11) is 2.99. The Morgan fingerprint density at radius 1 is 1.17 bits per heavy atom. The Balaban J connectivity index is 2.36. The first-order valence-electron chi connectivity index (χ1n) is 6.75. The number of carbonyl (C=O) groups excluding carboxylic acids is 1. The van der Waals surface area contributed by atoms with Gasteiger partial charge in [-0.25, -0.2) is 0 Å². The first-order valence-corrected chi connectivity index (χ1v) is 6.75. The quantitative estimate of drug-likeness (QED) is 0.676. The van der Waals surface area contributed by atoms with Crippen molar-refractivity contribution in [1.82, 2.24) is 0 Å². The molecule has 0 heterocycles. The van der Waals surface area contributed by atoms with Crippen molar-refractivity contribution in [2.45, 2.75) is 6.92 Å². The van der Waals surface area contributed by atoms with Gasteiger partial charge in [-0.05, 0) is 25.1 Å². The molecular formula is C16H16N2O5. The standard InChI is InChI=1S/C16H16N2O5/c1-10-12(5-4-6-14(10)18(20)21)16(19)17-13-9-11(22-2)7-8-15(13)23-3/h4-9H,1-3H3,(H,17,19). The molecule has 0 bridgehead atoms. The number of nitrogens with zero attached hydrogens (tertiary/aromatic N) is 1. The molecule has 0 fully saturated rings. The van der Waals surface area contributed by atoms with Crippen LogP contribution in [0, 0.1) is 17.0 Å². The predicted molar refractivity (Wildman–Crippen MR) is 85.3 cm³/mol. The van der Waals surface area contributed by atoms with E-state index in [1.807, 2.05) is 0 Å². The number of carbonyl (C=O) groups is 1. The molecule has 0 spiro atoms. The molecule has 0 unspecified atom stereocenters. The van der Waals surface area contributed by atoms with Gasteiger partial charge in [-0.3, -0.25) is 14.9 Å². The van der Waals surface area contributed by atoms with E-state index in [4.69, 9.17) is 9.47 Å². The van der Waals surface area contributed by atoms with Crippen molar-refractivity contribution >= 4 is 17.3 Å². The van der Waals surface area contributed by atoms with Gasteiger partial charge in [0.05, 0.1) is 24.8 Å². The number of nitro groups is 1. The van der Waals surface area contributed by atoms with Gasteiger partial charge >= 0.3 is 0 Å². The molecule has 2 aromatic carbocycles. The van der Waals surface area contributed by atoms with E-state index >= 15 is 0 Å². The van der Waals surface area contributed by atoms with Crippen LogP contribution in [-0.4, -0.2) is 25.1 Å². The van der Waals surface area contributed by atoms with Gasteiger partial charge in [0.2, 0.25) is 0 Å². The van der Waals surface area contributed by atoms with Gasteiger partial charge in [-0.15, -0.1) is 0 Å². The van der Waals surface area contributed by atoms with Crippen LogP contribution < -0.4 is 14.8 Å². The summed E-state index contributed by atoms with van der Waals surface area (Å²) >= 11 is 0. The Labute approximate surface area is 133 Å². The van der Waals surface area contributed by atoms with E-state index in [1.165, 1.54) is 39.3 Å². The molecule has 0 aliphatic rings. The summed E-state index contributed by atoms with van der Waals surface area (Å²) in [4.78, 5) is 22.9. The Morgan fingerprint density at radius 2 is 1.91 bits per heavy atom. The van der Waals surface area contributed by atoms with E-state index in [1.54, 1.807) is 18.2 Å². The van der Waals surface area contributed by atoms with Crippen LogP contribution in [0.5, 0.6) is 11.5 Å². The first kappa shape index (κ1) is 16.3. The molecule has 7 heteroatoms. The minimum atomic E-state index is -0.516. The number of ether oxygens (including phenoxy) is 2. The number of anilines is 1. The van der Waals surface area contributed by atoms with Crippen molar-refractivity contribution in [2.24, 2.45) is 0 Å². The maximum Gasteiger partial charge on any atom is 0.273 e. The minimum absolute atomic E-state index is 0.102. The molecule has 0 aromatic heterocycles. The lowest BCUT2D eigenvalue weighted by Gasteiger charge is -2.12. The van der Waals surface area contributed by atoms with Gasteiger partial charge in [-0.2, -0.15) is 0 Å². The van der Waals surface area contributed by atoms with Gasteiger partial charge in [0.1, 0.15) is 11.5 Å². The number of methoxy groups -OCH3 is 2. The lowest BCUT2D eigenvalue weighted by Crippen LogP contribution is -2.14. The van der Waals surface area contributed by atoms with E-state index < -0.39 is 10.8 Å². The fourth-order valence-electron chi connectivity index (χ4n) is 2.17. The molecule has 23 heavy (non-hydrogen) atoms. The maximum atomic E-state index is 12.4. The maximum absolute atomic E-state index is 12.4. The molecule has 0 atom stereocenters. The third kappa shape index (κ3) is 3.39. The molecule has 0 radical (unpaired) electrons. The average Bonchev–Trinajstić information content (AvgIpc) is 2.54. The largest absolute Gasteiger partial charge is 0.497 e. The lowest BCUT2D eigenvalue weighted by atomic mass is 10.1. The van der Waals surface area contributed by atoms with E-state index in [-0.39, 0.29) is 11.3 Å². The van der Waals surface area contributed by atoms with Crippen LogP contribution in [0.25, 0.3) is 0 Å². The number of amides is 1. The third-order valence-corrected chi connectivity index (χ3v) is 3.40. The Bertz CT molecular complexity index is 758. The van der Waals surface area contributed by atoms with E-state index in [9.17, 15) is 14.9 Å². The summed E-state index contributed by atoms with van der Waals surface area (Å²) in [6.07, 6.45) is 0. The predicted octanol–water partition coefficient (Wildman–Crippen LogP) is 3.17. The second-order valence-electron chi connectivity index (χ2n) is 4.73. The van der Waals surface area contributed by atoms with Gasteiger partial charge in [0.15, 0.2) is 0 Å². The Hall–Kier alpha value is -3.09. The molecule has 0 aliphatic carbocycles. The summed E-state index contributed by atoms with van der Waals surface area (Å²) in [6, 6.07) is 9.34. The van der Waals surface area contributed by atoms with E-state index in [0.717, 1.165) is 0 Å². The van der Waals surface area contributed by atoms with Crippen molar-refractivity contribution in [2.75, 3.05) is 19.5 Å². The molecule has 1 N–H and O–H groups in total. The number of rotatable bonds is 5. The molecule has 2 rings (SSSR count). The van der Waals surface area contributed by atoms with Crippen LogP contribution in [0.1, 0.15) is 15.9 Å². The van der Waals surface area contributed by atoms with Crippen LogP contribution >= 0.6 is 0 Å². The van der Waals surface area contributed by atoms with E-state index in [0.29, 0.717) is 22.7 Å². The molecule has 0 aliphatic heterocycles. The summed E-state index contributed by atoms with van der Waals surface area (Å²) in [6.45, 7) is 1.54. The second-order valence-corrected chi connectivity index (χ2v) is 4.73. The Morgan fingerprint density at radius 3 is 2.52 bits per heavy atom. The van der Waals surface area contributed by atoms with Gasteiger partial charge in [0, 0.05) is 23.3 Å². The molecule has 120 valence electrons. The van der Waals surface area contributed by atoms with Crippen molar-refractivity contribution in [3.8, 4) is 11.5 Å². The first-order chi connectivity index (χ1) is 11.0. The van der Waals surface area contributed by atoms with Crippen LogP contribution in [0.4, 0.5) is 11.4 Å². The fraction of sp³-hybridized carbons (Fsp3) is 0.188. The Kier molecular flexibility index (Phi) is 4.80. The molecule has 2 aromatic rings. The second kappa shape index (κ2) is 6.78. The smallest absolute Gasteiger partial charge is 0.273 e. The molecular weight excluding hydrogens is 300 g/mol. The molecule has 1 amide bonds. The minimum Gasteiger partial charge on any atom is -0.497 e. The number of nitro benzene ring substituents is 1. The van der Waals surface area contributed by atoms with E-state index in [2.05, 4.69) is 5.32 Å². The highest BCUT2D eigenvalue weighted by atomic mass is 16.6. The van der Waals surface area contributed by atoms with Crippen LogP contribution in [0.2, 0.25) is 0 Å². The molecule has 0 saturated heterocycles. The highest BCUT2D eigenvalue weighted by molar-refractivity contribution is 6.06. The summed E-state index contributed by atoms with van der Waals surface area (Å²) in [5.41, 5.74) is 0.846. The summed E-state index contributed by atoms with van der Waals surface area (Å²) in [5, 5.41) is 13.7. The van der Waals surface area contributed by atoms with Crippen molar-refractivity contribution in [1.29, 1.82) is 0 Å². The highest BCUT2D eigenvalue weighted by Gasteiger charge is 2.19. The number of benzene rings is 2. The van der Waals surface area contributed by atoms with Gasteiger partial charge in [-0.1, -0.05) is 6.07 Å². The zero-order chi connectivity index (χ0) is 17.0. The van der Waals surface area contributed by atoms with Gasteiger partial charge < -0.3 is 14.8 Å². The SMILES string of the molecule is COc1ccc(OC)c(NC(=O)c2cccc([N+](=O)[O-])c2C)c1. The molecule has 0 saturated carbocycles. The van der Waals surface area contributed by atoms with Gasteiger partial charge in [0.25, 0.3) is 11.6 Å². The number of hydrogen-bond acceptors (Lipinski definition) is 5. The molecule has 7 nitrogen and oxygen atoms in total. The third-order valence-electron chi connectivity index (χ3n) is 3.40. The number of hydrogen-bond donors (Lipinski definition) is 1. The summed E-state index contributed by atoms with van der Waals surface area (Å²) in [5.74, 6) is 0.553. The highest BCUT2D eigenvalue weighted by Crippen LogP contribution is 2.30. The van der Waals surface area contributed by atoms with Crippen molar-refractivity contribution < 1.29 is 19.2 Å². The normalized spacial score (nSPS) is 10.0. The fourth-order valence-corrected chi connectivity index (χ4v) is 2.17. The topological polar surface area (TPSA) is 90.7 Å². The van der Waals surface area contributed by atoms with Crippen LogP contribution in [0.15, 0.2) is 36.4 Å². The van der Waals surface area contributed by atoms with Crippen LogP contribution in [-0.2, 0) is 0 Å². The van der Waals surface area contributed by atoms with Crippen molar-refractivity contribution in [3.63, 3.8) is 0 Å². The number of nitrogens with one attached hydrogen (secondary N) is 1. The van der Waals surface area contributed by atoms with Crippen LogP contribution in [0.3, 0.4) is 0 Å².